The van der Waals surface area contributed by atoms with Gasteiger partial charge in [0.25, 0.3) is 0 Å². The Bertz CT molecular complexity index is 1180. The Morgan fingerprint density at radius 1 is 0.897 bits per heavy atom. The summed E-state index contributed by atoms with van der Waals surface area (Å²) < 4.78 is 0. The van der Waals surface area contributed by atoms with Gasteiger partial charge in [0.05, 0.1) is 11.9 Å². The average molecular weight is 534 g/mol. The topological polar surface area (TPSA) is 101 Å². The smallest absolute Gasteiger partial charge is 0.320 e. The van der Waals surface area contributed by atoms with Gasteiger partial charge in [-0.25, -0.2) is 14.8 Å². The highest BCUT2D eigenvalue weighted by Crippen LogP contribution is 2.38. The normalized spacial score (nSPS) is 21.4. The summed E-state index contributed by atoms with van der Waals surface area (Å²) in [5.74, 6) is 2.15. The molecule has 208 valence electrons. The number of rotatable bonds is 5. The third-order valence-electron chi connectivity index (χ3n) is 8.56. The third-order valence-corrected chi connectivity index (χ3v) is 8.56. The van der Waals surface area contributed by atoms with Crippen LogP contribution < -0.4 is 15.1 Å². The largest absolute Gasteiger partial charge is 0.367 e. The van der Waals surface area contributed by atoms with Crippen LogP contribution in [0.3, 0.4) is 0 Å². The maximum atomic E-state index is 13.0. The number of nitrogens with zero attached hydrogens (tertiary/aromatic N) is 8. The summed E-state index contributed by atoms with van der Waals surface area (Å²) >= 11 is 0. The third kappa shape index (κ3) is 5.18. The number of nitrogens with one attached hydrogen (secondary N) is 1. The van der Waals surface area contributed by atoms with E-state index in [0.717, 1.165) is 82.0 Å². The SMILES string of the molecule is CN(C)C(=O)C1Cc2cnc(Nc3ccc(N4CCN(C(=O)N5CCCC5)CC4)cn3)nc2N1C1CCCC1. The number of hydrogen-bond donors (Lipinski definition) is 1. The highest BCUT2D eigenvalue weighted by Gasteiger charge is 2.41. The molecule has 3 fully saturated rings. The first-order valence-electron chi connectivity index (χ1n) is 14.4. The zero-order valence-corrected chi connectivity index (χ0v) is 23.1. The zero-order valence-electron chi connectivity index (χ0n) is 23.1. The summed E-state index contributed by atoms with van der Waals surface area (Å²) in [6, 6.07) is 4.30. The van der Waals surface area contributed by atoms with Gasteiger partial charge in [0.1, 0.15) is 17.7 Å². The molecule has 39 heavy (non-hydrogen) atoms. The van der Waals surface area contributed by atoms with Crippen molar-refractivity contribution in [3.63, 3.8) is 0 Å². The van der Waals surface area contributed by atoms with Crippen LogP contribution in [0.25, 0.3) is 0 Å². The molecule has 1 unspecified atom stereocenters. The molecule has 0 spiro atoms. The number of urea groups is 1. The van der Waals surface area contributed by atoms with E-state index in [1.165, 1.54) is 12.8 Å². The van der Waals surface area contributed by atoms with Crippen LogP contribution in [0.15, 0.2) is 24.5 Å². The van der Waals surface area contributed by atoms with E-state index in [4.69, 9.17) is 4.98 Å². The van der Waals surface area contributed by atoms with Crippen LogP contribution in [-0.2, 0) is 11.2 Å². The van der Waals surface area contributed by atoms with E-state index >= 15 is 0 Å². The number of fused-ring (bicyclic) bond motifs is 1. The van der Waals surface area contributed by atoms with E-state index in [0.29, 0.717) is 24.2 Å². The molecule has 3 amide bonds. The Hall–Kier alpha value is -3.63. The van der Waals surface area contributed by atoms with E-state index in [-0.39, 0.29) is 18.0 Å². The van der Waals surface area contributed by atoms with Gasteiger partial charge in [-0.2, -0.15) is 4.98 Å². The van der Waals surface area contributed by atoms with Crippen LogP contribution in [0.2, 0.25) is 0 Å². The van der Waals surface area contributed by atoms with Crippen molar-refractivity contribution in [3.05, 3.63) is 30.1 Å². The number of amides is 3. The van der Waals surface area contributed by atoms with Gasteiger partial charge in [0, 0.05) is 77.6 Å². The number of aromatic nitrogens is 3. The van der Waals surface area contributed by atoms with Gasteiger partial charge in [0.15, 0.2) is 0 Å². The summed E-state index contributed by atoms with van der Waals surface area (Å²) in [5.41, 5.74) is 2.07. The molecule has 5 heterocycles. The molecule has 1 N–H and O–H groups in total. The van der Waals surface area contributed by atoms with E-state index < -0.39 is 0 Å². The van der Waals surface area contributed by atoms with E-state index in [9.17, 15) is 9.59 Å². The summed E-state index contributed by atoms with van der Waals surface area (Å²) in [6.07, 6.45) is 11.2. The summed E-state index contributed by atoms with van der Waals surface area (Å²) in [6.45, 7) is 4.83. The molecule has 2 aromatic rings. The Morgan fingerprint density at radius 2 is 1.62 bits per heavy atom. The standard InChI is InChI=1S/C28H39N9O2/c1-33(2)26(38)23-17-20-18-30-27(32-25(20)37(23)21-7-3-4-8-21)31-24-10-9-22(19-29-24)34-13-15-36(16-14-34)28(39)35-11-5-6-12-35/h9-10,18-19,21,23H,3-8,11-17H2,1-2H3,(H,29,30,31,32). The Kier molecular flexibility index (Phi) is 7.14. The fourth-order valence-electron chi connectivity index (χ4n) is 6.42. The number of carbonyl (C=O) groups excluding carboxylic acids is 2. The molecule has 6 rings (SSSR count). The second-order valence-corrected chi connectivity index (χ2v) is 11.3. The van der Waals surface area contributed by atoms with Crippen molar-refractivity contribution in [1.29, 1.82) is 0 Å². The van der Waals surface area contributed by atoms with Gasteiger partial charge in [-0.3, -0.25) is 4.79 Å². The van der Waals surface area contributed by atoms with Gasteiger partial charge >= 0.3 is 6.03 Å². The van der Waals surface area contributed by atoms with Crippen molar-refractivity contribution in [2.75, 3.05) is 68.5 Å². The molecule has 1 saturated carbocycles. The first-order chi connectivity index (χ1) is 19.0. The maximum absolute atomic E-state index is 13.0. The Labute approximate surface area is 230 Å². The minimum absolute atomic E-state index is 0.118. The van der Waals surface area contributed by atoms with Crippen LogP contribution in [0.1, 0.15) is 44.1 Å². The maximum Gasteiger partial charge on any atom is 0.320 e. The van der Waals surface area contributed by atoms with Gasteiger partial charge in [-0.15, -0.1) is 0 Å². The van der Waals surface area contributed by atoms with E-state index in [2.05, 4.69) is 31.2 Å². The van der Waals surface area contributed by atoms with Crippen molar-refractivity contribution in [1.82, 2.24) is 29.7 Å². The lowest BCUT2D eigenvalue weighted by atomic mass is 10.1. The Balaban J connectivity index is 1.11. The van der Waals surface area contributed by atoms with Gasteiger partial charge < -0.3 is 29.8 Å². The van der Waals surface area contributed by atoms with Gasteiger partial charge in [-0.1, -0.05) is 12.8 Å². The second-order valence-electron chi connectivity index (χ2n) is 11.3. The quantitative estimate of drug-likeness (QED) is 0.626. The van der Waals surface area contributed by atoms with E-state index in [1.54, 1.807) is 4.90 Å². The van der Waals surface area contributed by atoms with Crippen LogP contribution in [0.4, 0.5) is 28.1 Å². The van der Waals surface area contributed by atoms with E-state index in [1.807, 2.05) is 42.4 Å². The second kappa shape index (κ2) is 10.9. The van der Waals surface area contributed by atoms with Crippen molar-refractivity contribution in [3.8, 4) is 0 Å². The van der Waals surface area contributed by atoms with Crippen LogP contribution in [0, 0.1) is 0 Å². The molecule has 1 atom stereocenters. The molecule has 4 aliphatic rings. The minimum atomic E-state index is -0.217. The molecule has 11 nitrogen and oxygen atoms in total. The lowest BCUT2D eigenvalue weighted by molar-refractivity contribution is -0.130. The number of likely N-dealkylation sites (tertiary alicyclic amines) is 1. The molecule has 0 aromatic carbocycles. The summed E-state index contributed by atoms with van der Waals surface area (Å²) in [5, 5.41) is 3.26. The molecule has 1 aliphatic carbocycles. The molecule has 2 aromatic heterocycles. The van der Waals surface area contributed by atoms with Gasteiger partial charge in [0.2, 0.25) is 11.9 Å². The highest BCUT2D eigenvalue weighted by molar-refractivity contribution is 5.87. The van der Waals surface area contributed by atoms with Crippen LogP contribution >= 0.6 is 0 Å². The lowest BCUT2D eigenvalue weighted by Crippen LogP contribution is -2.52. The number of hydrogen-bond acceptors (Lipinski definition) is 8. The zero-order chi connectivity index (χ0) is 26.9. The molecular weight excluding hydrogens is 494 g/mol. The van der Waals surface area contributed by atoms with Crippen molar-refractivity contribution < 1.29 is 9.59 Å². The fourth-order valence-corrected chi connectivity index (χ4v) is 6.42. The number of anilines is 4. The predicted molar refractivity (Wildman–Crippen MR) is 150 cm³/mol. The number of pyridine rings is 1. The van der Waals surface area contributed by atoms with Gasteiger partial charge in [-0.05, 0) is 37.8 Å². The van der Waals surface area contributed by atoms with Crippen molar-refractivity contribution >= 4 is 35.2 Å². The molecule has 0 radical (unpaired) electrons. The summed E-state index contributed by atoms with van der Waals surface area (Å²) in [7, 11) is 3.64. The predicted octanol–water partition coefficient (Wildman–Crippen LogP) is 2.71. The molecule has 11 heteroatoms. The molecule has 2 saturated heterocycles. The molecule has 3 aliphatic heterocycles. The van der Waals surface area contributed by atoms with Crippen molar-refractivity contribution in [2.45, 2.75) is 57.0 Å². The molecular formula is C28H39N9O2. The number of likely N-dealkylation sites (N-methyl/N-ethyl adjacent to an activating group) is 1. The van der Waals surface area contributed by atoms with Crippen LogP contribution in [0.5, 0.6) is 0 Å². The fraction of sp³-hybridized carbons (Fsp3) is 0.607. The monoisotopic (exact) mass is 533 g/mol. The first kappa shape index (κ1) is 25.6. The van der Waals surface area contributed by atoms with Crippen molar-refractivity contribution in [2.24, 2.45) is 0 Å². The minimum Gasteiger partial charge on any atom is -0.367 e. The highest BCUT2D eigenvalue weighted by atomic mass is 16.2. The average Bonchev–Trinajstić information content (AvgIpc) is 3.74. The number of piperazine rings is 1. The van der Waals surface area contributed by atoms with Crippen LogP contribution in [-0.4, -0.2) is 107 Å². The lowest BCUT2D eigenvalue weighted by Gasteiger charge is -2.37. The molecule has 0 bridgehead atoms. The summed E-state index contributed by atoms with van der Waals surface area (Å²) in [4.78, 5) is 49.9. The first-order valence-corrected chi connectivity index (χ1v) is 14.4. The number of carbonyl (C=O) groups is 2. The Morgan fingerprint density at radius 3 is 2.28 bits per heavy atom.